The minimum absolute atomic E-state index is 0.161. The van der Waals surface area contributed by atoms with Gasteiger partial charge in [0.05, 0.1) is 0 Å². The molecule has 1 heterocycles. The van der Waals surface area contributed by atoms with Gasteiger partial charge in [-0.2, -0.15) is 0 Å². The first-order valence-electron chi connectivity index (χ1n) is 9.83. The van der Waals surface area contributed by atoms with Crippen molar-refractivity contribution in [1.82, 2.24) is 5.32 Å². The van der Waals surface area contributed by atoms with E-state index in [-0.39, 0.29) is 5.91 Å². The molecular weight excluding hydrogens is 358 g/mol. The molecule has 3 N–H and O–H groups in total. The third-order valence-electron chi connectivity index (χ3n) is 5.42. The van der Waals surface area contributed by atoms with Gasteiger partial charge in [-0.3, -0.25) is 4.79 Å². The minimum Gasteiger partial charge on any atom is -0.351 e. The summed E-state index contributed by atoms with van der Waals surface area (Å²) in [6, 6.07) is 18.5. The summed E-state index contributed by atoms with van der Waals surface area (Å²) in [6.45, 7) is 8.76. The van der Waals surface area contributed by atoms with E-state index in [2.05, 4.69) is 36.5 Å². The number of quaternary nitrogens is 2. The van der Waals surface area contributed by atoms with Crippen LogP contribution in [0.4, 0.5) is 0 Å². The van der Waals surface area contributed by atoms with Gasteiger partial charge in [0.25, 0.3) is 5.91 Å². The average Bonchev–Trinajstić information content (AvgIpc) is 2.70. The Morgan fingerprint density at radius 1 is 1.00 bits per heavy atom. The Morgan fingerprint density at radius 2 is 1.63 bits per heavy atom. The van der Waals surface area contributed by atoms with Gasteiger partial charge in [0.15, 0.2) is 6.54 Å². The molecule has 1 aliphatic rings. The van der Waals surface area contributed by atoms with E-state index in [1.54, 1.807) is 4.90 Å². The Kier molecular flexibility index (Phi) is 7.27. The Bertz CT molecular complexity index is 712. The largest absolute Gasteiger partial charge is 0.351 e. The predicted molar refractivity (Wildman–Crippen MR) is 109 cm³/mol. The van der Waals surface area contributed by atoms with E-state index in [0.717, 1.165) is 37.7 Å². The molecule has 1 aliphatic heterocycles. The molecule has 0 aromatic heterocycles. The second-order valence-electron chi connectivity index (χ2n) is 7.60. The zero-order valence-electron chi connectivity index (χ0n) is 16.0. The Balaban J connectivity index is 1.36. The summed E-state index contributed by atoms with van der Waals surface area (Å²) in [6.07, 6.45) is 0. The van der Waals surface area contributed by atoms with Crippen LogP contribution >= 0.6 is 11.6 Å². The predicted octanol–water partition coefficient (Wildman–Crippen LogP) is 0.543. The fraction of sp³-hybridized carbons (Fsp3) is 0.409. The molecule has 0 aliphatic carbocycles. The highest BCUT2D eigenvalue weighted by Crippen LogP contribution is 2.12. The molecule has 1 atom stereocenters. The summed E-state index contributed by atoms with van der Waals surface area (Å²) in [5.41, 5.74) is 2.59. The van der Waals surface area contributed by atoms with Crippen molar-refractivity contribution in [2.75, 3.05) is 39.3 Å². The van der Waals surface area contributed by atoms with Gasteiger partial charge < -0.3 is 15.1 Å². The molecule has 5 heteroatoms. The third-order valence-corrected chi connectivity index (χ3v) is 5.67. The van der Waals surface area contributed by atoms with Crippen molar-refractivity contribution in [3.8, 4) is 0 Å². The number of halogens is 1. The lowest BCUT2D eigenvalue weighted by Gasteiger charge is -2.29. The molecular formula is C22H30ClN3O+2. The van der Waals surface area contributed by atoms with Gasteiger partial charge in [-0.25, -0.2) is 0 Å². The molecule has 0 spiro atoms. The number of amides is 1. The molecule has 2 aromatic rings. The normalized spacial score (nSPS) is 20.8. The zero-order valence-corrected chi connectivity index (χ0v) is 16.8. The van der Waals surface area contributed by atoms with Gasteiger partial charge in [0, 0.05) is 17.1 Å². The topological polar surface area (TPSA) is 38.0 Å². The Labute approximate surface area is 167 Å². The van der Waals surface area contributed by atoms with Gasteiger partial charge >= 0.3 is 0 Å². The molecule has 27 heavy (non-hydrogen) atoms. The highest BCUT2D eigenvalue weighted by Gasteiger charge is 2.24. The van der Waals surface area contributed by atoms with E-state index in [1.807, 2.05) is 30.3 Å². The first-order valence-corrected chi connectivity index (χ1v) is 10.2. The monoisotopic (exact) mass is 387 g/mol. The lowest BCUT2D eigenvalue weighted by molar-refractivity contribution is -1.02. The van der Waals surface area contributed by atoms with Crippen molar-refractivity contribution in [3.63, 3.8) is 0 Å². The fourth-order valence-corrected chi connectivity index (χ4v) is 3.78. The van der Waals surface area contributed by atoms with Gasteiger partial charge in [-0.05, 0) is 23.6 Å². The molecule has 1 saturated heterocycles. The standard InChI is InChI=1S/C22H28ClN3O/c1-18(20-5-3-2-4-6-20)15-24-22(27)17-26-13-11-25(12-14-26)16-19-7-9-21(23)10-8-19/h2-10,18H,11-17H2,1H3,(H,24,27)/p+2/t18-/m1/s1. The Morgan fingerprint density at radius 3 is 2.30 bits per heavy atom. The lowest BCUT2D eigenvalue weighted by Crippen LogP contribution is -3.28. The molecule has 1 fully saturated rings. The maximum Gasteiger partial charge on any atom is 0.275 e. The van der Waals surface area contributed by atoms with Crippen LogP contribution in [0.2, 0.25) is 5.02 Å². The summed E-state index contributed by atoms with van der Waals surface area (Å²) in [4.78, 5) is 15.3. The number of piperazine rings is 1. The van der Waals surface area contributed by atoms with E-state index in [4.69, 9.17) is 11.6 Å². The average molecular weight is 388 g/mol. The van der Waals surface area contributed by atoms with Crippen molar-refractivity contribution in [1.29, 1.82) is 0 Å². The SMILES string of the molecule is C[C@H](CNC(=O)C[NH+]1CC[NH+](Cc2ccc(Cl)cc2)CC1)c1ccccc1. The molecule has 144 valence electrons. The van der Waals surface area contributed by atoms with Crippen molar-refractivity contribution >= 4 is 17.5 Å². The van der Waals surface area contributed by atoms with Crippen LogP contribution in [0.5, 0.6) is 0 Å². The molecule has 0 bridgehead atoms. The molecule has 2 aromatic carbocycles. The number of carbonyl (C=O) groups excluding carboxylic acids is 1. The summed E-state index contributed by atoms with van der Waals surface area (Å²) in [5.74, 6) is 0.500. The number of benzene rings is 2. The van der Waals surface area contributed by atoms with Crippen LogP contribution in [0, 0.1) is 0 Å². The highest BCUT2D eigenvalue weighted by molar-refractivity contribution is 6.30. The molecule has 0 saturated carbocycles. The number of hydrogen-bond acceptors (Lipinski definition) is 1. The van der Waals surface area contributed by atoms with E-state index < -0.39 is 0 Å². The van der Waals surface area contributed by atoms with Crippen LogP contribution in [0.1, 0.15) is 24.0 Å². The molecule has 0 radical (unpaired) electrons. The lowest BCUT2D eigenvalue weighted by atomic mass is 10.0. The molecule has 0 unspecified atom stereocenters. The molecule has 3 rings (SSSR count). The van der Waals surface area contributed by atoms with Gasteiger partial charge in [0.1, 0.15) is 32.7 Å². The summed E-state index contributed by atoms with van der Waals surface area (Å²) < 4.78 is 0. The van der Waals surface area contributed by atoms with Crippen LogP contribution < -0.4 is 15.1 Å². The van der Waals surface area contributed by atoms with Gasteiger partial charge in [-0.15, -0.1) is 0 Å². The zero-order chi connectivity index (χ0) is 19.1. The minimum atomic E-state index is 0.161. The molecule has 1 amide bonds. The fourth-order valence-electron chi connectivity index (χ4n) is 3.66. The summed E-state index contributed by atoms with van der Waals surface area (Å²) in [7, 11) is 0. The van der Waals surface area contributed by atoms with Crippen molar-refractivity contribution in [2.45, 2.75) is 19.4 Å². The van der Waals surface area contributed by atoms with Gasteiger partial charge in [0.2, 0.25) is 0 Å². The van der Waals surface area contributed by atoms with E-state index in [0.29, 0.717) is 19.0 Å². The van der Waals surface area contributed by atoms with Crippen LogP contribution in [-0.2, 0) is 11.3 Å². The van der Waals surface area contributed by atoms with Crippen LogP contribution in [0.25, 0.3) is 0 Å². The number of rotatable bonds is 7. The van der Waals surface area contributed by atoms with E-state index in [1.165, 1.54) is 16.0 Å². The Hall–Kier alpha value is -1.88. The maximum absolute atomic E-state index is 12.3. The van der Waals surface area contributed by atoms with Crippen molar-refractivity contribution in [2.24, 2.45) is 0 Å². The second-order valence-corrected chi connectivity index (χ2v) is 8.03. The van der Waals surface area contributed by atoms with Crippen LogP contribution in [0.15, 0.2) is 54.6 Å². The number of hydrogen-bond donors (Lipinski definition) is 3. The first kappa shape index (κ1) is 19.9. The summed E-state index contributed by atoms with van der Waals surface area (Å²) in [5, 5.41) is 3.89. The van der Waals surface area contributed by atoms with Gasteiger partial charge in [-0.1, -0.05) is 61.0 Å². The number of nitrogens with one attached hydrogen (secondary N) is 3. The van der Waals surface area contributed by atoms with Crippen molar-refractivity contribution in [3.05, 3.63) is 70.7 Å². The smallest absolute Gasteiger partial charge is 0.275 e. The van der Waals surface area contributed by atoms with E-state index >= 15 is 0 Å². The number of carbonyl (C=O) groups is 1. The van der Waals surface area contributed by atoms with Crippen molar-refractivity contribution < 1.29 is 14.6 Å². The third kappa shape index (κ3) is 6.35. The highest BCUT2D eigenvalue weighted by atomic mass is 35.5. The van der Waals surface area contributed by atoms with Crippen LogP contribution in [-0.4, -0.2) is 45.2 Å². The maximum atomic E-state index is 12.3. The second kappa shape index (κ2) is 9.88. The first-order chi connectivity index (χ1) is 13.1. The van der Waals surface area contributed by atoms with E-state index in [9.17, 15) is 4.79 Å². The quantitative estimate of drug-likeness (QED) is 0.637. The summed E-state index contributed by atoms with van der Waals surface area (Å²) >= 11 is 5.95. The van der Waals surface area contributed by atoms with Crippen LogP contribution in [0.3, 0.4) is 0 Å². The molecule has 4 nitrogen and oxygen atoms in total.